The fourth-order valence-corrected chi connectivity index (χ4v) is 2.92. The highest BCUT2D eigenvalue weighted by Gasteiger charge is 2.37. The molecule has 0 heterocycles. The Morgan fingerprint density at radius 2 is 1.67 bits per heavy atom. The molecule has 15 heavy (non-hydrogen) atoms. The van der Waals surface area contributed by atoms with E-state index in [2.05, 4.69) is 40.7 Å². The number of fused-ring (bicyclic) bond motifs is 1. The molecule has 0 atom stereocenters. The van der Waals surface area contributed by atoms with Crippen LogP contribution in [0.15, 0.2) is 18.2 Å². The van der Waals surface area contributed by atoms with Crippen molar-refractivity contribution in [2.45, 2.75) is 58.3 Å². The van der Waals surface area contributed by atoms with Gasteiger partial charge in [-0.25, -0.2) is 0 Å². The molecule has 0 nitrogen and oxygen atoms in total. The number of benzene rings is 1. The molecule has 1 aliphatic carbocycles. The molecule has 0 aliphatic heterocycles. The van der Waals surface area contributed by atoms with Crippen molar-refractivity contribution in [1.29, 1.82) is 0 Å². The maximum atomic E-state index is 7.88. The van der Waals surface area contributed by atoms with Crippen molar-refractivity contribution < 1.29 is 1.37 Å². The van der Waals surface area contributed by atoms with Gasteiger partial charge in [-0.2, -0.15) is 0 Å². The first-order valence-corrected chi connectivity index (χ1v) is 5.86. The van der Waals surface area contributed by atoms with Crippen molar-refractivity contribution in [1.82, 2.24) is 0 Å². The van der Waals surface area contributed by atoms with Crippen molar-refractivity contribution in [3.8, 4) is 0 Å². The summed E-state index contributed by atoms with van der Waals surface area (Å²) in [6, 6.07) is 4.73. The van der Waals surface area contributed by atoms with E-state index in [4.69, 9.17) is 1.37 Å². The van der Waals surface area contributed by atoms with Gasteiger partial charge in [-0.3, -0.25) is 0 Å². The molecule has 2 rings (SSSR count). The molecule has 0 unspecified atom stereocenters. The summed E-state index contributed by atoms with van der Waals surface area (Å²) in [5, 5.41) is 0. The lowest BCUT2D eigenvalue weighted by molar-refractivity contribution is 0.330. The minimum atomic E-state index is 0.229. The summed E-state index contributed by atoms with van der Waals surface area (Å²) in [5.74, 6) is 0. The molecule has 82 valence electrons. The smallest absolute Gasteiger partial charge is 0.0617 e. The van der Waals surface area contributed by atoms with Gasteiger partial charge in [0.25, 0.3) is 0 Å². The largest absolute Gasteiger partial charge is 0.0623 e. The molecular formula is C15H22. The fourth-order valence-electron chi connectivity index (χ4n) is 2.92. The third kappa shape index (κ3) is 1.60. The van der Waals surface area contributed by atoms with Gasteiger partial charge in [-0.1, -0.05) is 45.9 Å². The van der Waals surface area contributed by atoms with E-state index in [1.807, 2.05) is 6.07 Å². The fraction of sp³-hybridized carbons (Fsp3) is 0.600. The van der Waals surface area contributed by atoms with E-state index in [0.29, 0.717) is 6.04 Å². The Hall–Kier alpha value is -0.780. The summed E-state index contributed by atoms with van der Waals surface area (Å²) in [6.07, 6.45) is 2.46. The van der Waals surface area contributed by atoms with Crippen molar-refractivity contribution >= 4 is 0 Å². The predicted molar refractivity (Wildman–Crippen MR) is 66.5 cm³/mol. The molecule has 0 amide bonds. The molecule has 1 aromatic carbocycles. The first-order valence-electron chi connectivity index (χ1n) is 6.36. The van der Waals surface area contributed by atoms with Crippen LogP contribution >= 0.6 is 0 Å². The topological polar surface area (TPSA) is 0 Å². The second-order valence-electron chi connectivity index (χ2n) is 6.19. The maximum absolute atomic E-state index is 7.88. The van der Waals surface area contributed by atoms with Gasteiger partial charge >= 0.3 is 0 Å². The number of hydrogen-bond acceptors (Lipinski definition) is 0. The van der Waals surface area contributed by atoms with Crippen LogP contribution in [0, 0.1) is 6.92 Å². The van der Waals surface area contributed by atoms with Crippen molar-refractivity contribution in [3.63, 3.8) is 0 Å². The van der Waals surface area contributed by atoms with Crippen LogP contribution in [-0.4, -0.2) is 0 Å². The van der Waals surface area contributed by atoms with Gasteiger partial charge in [0.2, 0.25) is 0 Å². The van der Waals surface area contributed by atoms with Crippen LogP contribution in [0.4, 0.5) is 0 Å². The Morgan fingerprint density at radius 3 is 2.33 bits per heavy atom. The van der Waals surface area contributed by atoms with E-state index >= 15 is 0 Å². The van der Waals surface area contributed by atoms with Crippen LogP contribution in [0.25, 0.3) is 0 Å². The second kappa shape index (κ2) is 3.10. The molecular weight excluding hydrogens is 180 g/mol. The van der Waals surface area contributed by atoms with E-state index in [0.717, 1.165) is 0 Å². The summed E-state index contributed by atoms with van der Waals surface area (Å²) in [6.45, 7) is 11.4. The van der Waals surface area contributed by atoms with Crippen LogP contribution in [0.1, 0.15) is 58.6 Å². The summed E-state index contributed by atoms with van der Waals surface area (Å²) >= 11 is 0. The van der Waals surface area contributed by atoms with Gasteiger partial charge < -0.3 is 0 Å². The summed E-state index contributed by atoms with van der Waals surface area (Å²) in [4.78, 5) is 0. The molecule has 0 aromatic heterocycles. The normalized spacial score (nSPS) is 23.1. The minimum Gasteiger partial charge on any atom is -0.0617 e. The SMILES string of the molecule is [2H]c1cc(C)c2c(c1)C(C)(C)CCC2(C)C. The first kappa shape index (κ1) is 9.45. The van der Waals surface area contributed by atoms with E-state index in [1.165, 1.54) is 29.5 Å². The lowest BCUT2D eigenvalue weighted by atomic mass is 9.62. The number of hydrogen-bond donors (Lipinski definition) is 0. The summed E-state index contributed by atoms with van der Waals surface area (Å²) < 4.78 is 7.88. The second-order valence-corrected chi connectivity index (χ2v) is 6.19. The monoisotopic (exact) mass is 203 g/mol. The quantitative estimate of drug-likeness (QED) is 0.588. The average Bonchev–Trinajstić information content (AvgIpc) is 2.11. The maximum Gasteiger partial charge on any atom is 0.0623 e. The Kier molecular flexibility index (Phi) is 1.95. The molecule has 0 bridgehead atoms. The highest BCUT2D eigenvalue weighted by atomic mass is 14.4. The van der Waals surface area contributed by atoms with Gasteiger partial charge in [-0.15, -0.1) is 0 Å². The molecule has 0 N–H and O–H groups in total. The zero-order valence-electron chi connectivity index (χ0n) is 11.6. The van der Waals surface area contributed by atoms with Gasteiger partial charge in [-0.05, 0) is 47.3 Å². The average molecular weight is 203 g/mol. The van der Waals surface area contributed by atoms with Crippen LogP contribution in [0.3, 0.4) is 0 Å². The zero-order valence-corrected chi connectivity index (χ0v) is 10.6. The molecule has 0 saturated carbocycles. The van der Waals surface area contributed by atoms with Crippen LogP contribution in [-0.2, 0) is 10.8 Å². The third-order valence-corrected chi connectivity index (χ3v) is 3.97. The van der Waals surface area contributed by atoms with Gasteiger partial charge in [0.05, 0.1) is 1.37 Å². The van der Waals surface area contributed by atoms with Gasteiger partial charge in [0.15, 0.2) is 0 Å². The van der Waals surface area contributed by atoms with Gasteiger partial charge in [0, 0.05) is 0 Å². The van der Waals surface area contributed by atoms with Gasteiger partial charge in [0.1, 0.15) is 0 Å². The molecule has 0 fully saturated rings. The van der Waals surface area contributed by atoms with E-state index in [1.54, 1.807) is 0 Å². The zero-order chi connectivity index (χ0) is 12.1. The van der Waals surface area contributed by atoms with Crippen molar-refractivity contribution in [2.75, 3.05) is 0 Å². The van der Waals surface area contributed by atoms with Crippen molar-refractivity contribution in [2.24, 2.45) is 0 Å². The van der Waals surface area contributed by atoms with Crippen molar-refractivity contribution in [3.05, 3.63) is 34.9 Å². The highest BCUT2D eigenvalue weighted by Crippen LogP contribution is 2.46. The predicted octanol–water partition coefficient (Wildman–Crippen LogP) is 4.34. The molecule has 1 aromatic rings. The Balaban J connectivity index is 2.74. The number of aryl methyl sites for hydroxylation is 1. The minimum absolute atomic E-state index is 0.229. The molecule has 0 spiro atoms. The lowest BCUT2D eigenvalue weighted by Crippen LogP contribution is -2.34. The van der Waals surface area contributed by atoms with Crippen LogP contribution in [0.5, 0.6) is 0 Å². The summed E-state index contributed by atoms with van der Waals surface area (Å²) in [5.41, 5.74) is 4.67. The van der Waals surface area contributed by atoms with E-state index in [-0.39, 0.29) is 10.8 Å². The Bertz CT molecular complexity index is 427. The lowest BCUT2D eigenvalue weighted by Gasteiger charge is -2.42. The molecule has 0 radical (unpaired) electrons. The third-order valence-electron chi connectivity index (χ3n) is 3.97. The standard InChI is InChI=1S/C15H22/c1-11-7-6-8-12-13(11)15(4,5)10-9-14(12,2)3/h6-8H,9-10H2,1-5H3/i6D. The summed E-state index contributed by atoms with van der Waals surface area (Å²) in [7, 11) is 0. The van der Waals surface area contributed by atoms with E-state index < -0.39 is 0 Å². The van der Waals surface area contributed by atoms with Crippen LogP contribution in [0.2, 0.25) is 0 Å². The van der Waals surface area contributed by atoms with E-state index in [9.17, 15) is 0 Å². The first-order chi connectivity index (χ1) is 7.24. The molecule has 0 saturated heterocycles. The molecule has 1 aliphatic rings. The molecule has 0 heteroatoms. The van der Waals surface area contributed by atoms with Crippen LogP contribution < -0.4 is 0 Å². The Morgan fingerprint density at radius 1 is 1.07 bits per heavy atom. The Labute approximate surface area is 95.1 Å². The highest BCUT2D eigenvalue weighted by molar-refractivity contribution is 5.45. The number of rotatable bonds is 0.